The quantitative estimate of drug-likeness (QED) is 0.596. The van der Waals surface area contributed by atoms with Gasteiger partial charge in [-0.15, -0.1) is 0 Å². The standard InChI is InChI=1S/C22H27ClN4O3/c23-18-6-8-20(9-7-18)30-15-10-24-21(28)16-26-11-13-27(14-12-26)17-22(29)25-19-4-2-1-3-5-19/h1-9H,10-17H2,(H,24,28)(H,25,29). The molecule has 2 aromatic carbocycles. The summed E-state index contributed by atoms with van der Waals surface area (Å²) in [5.41, 5.74) is 0.804. The number of carbonyl (C=O) groups is 2. The third-order valence-electron chi connectivity index (χ3n) is 4.76. The summed E-state index contributed by atoms with van der Waals surface area (Å²) in [5.74, 6) is 0.680. The fourth-order valence-electron chi connectivity index (χ4n) is 3.18. The van der Waals surface area contributed by atoms with Crippen molar-refractivity contribution in [3.8, 4) is 5.75 Å². The lowest BCUT2D eigenvalue weighted by atomic mass is 10.3. The average molecular weight is 431 g/mol. The number of benzene rings is 2. The SMILES string of the molecule is O=C(CN1CCN(CC(=O)Nc2ccccc2)CC1)NCCOc1ccc(Cl)cc1. The number of para-hydroxylation sites is 1. The molecule has 8 heteroatoms. The molecule has 1 aliphatic rings. The van der Waals surface area contributed by atoms with Crippen molar-refractivity contribution in [2.45, 2.75) is 0 Å². The van der Waals surface area contributed by atoms with Crippen molar-refractivity contribution in [3.63, 3.8) is 0 Å². The zero-order valence-electron chi connectivity index (χ0n) is 16.9. The maximum absolute atomic E-state index is 12.2. The van der Waals surface area contributed by atoms with Crippen LogP contribution in [0.15, 0.2) is 54.6 Å². The maximum Gasteiger partial charge on any atom is 0.238 e. The van der Waals surface area contributed by atoms with Crippen LogP contribution < -0.4 is 15.4 Å². The zero-order chi connectivity index (χ0) is 21.2. The lowest BCUT2D eigenvalue weighted by Gasteiger charge is -2.33. The number of hydrogen-bond donors (Lipinski definition) is 2. The van der Waals surface area contributed by atoms with Crippen molar-refractivity contribution >= 4 is 29.1 Å². The predicted octanol–water partition coefficient (Wildman–Crippen LogP) is 2.09. The van der Waals surface area contributed by atoms with E-state index in [0.29, 0.717) is 31.3 Å². The fraction of sp³-hybridized carbons (Fsp3) is 0.364. The highest BCUT2D eigenvalue weighted by atomic mass is 35.5. The van der Waals surface area contributed by atoms with Gasteiger partial charge in [-0.1, -0.05) is 29.8 Å². The van der Waals surface area contributed by atoms with E-state index in [2.05, 4.69) is 20.4 Å². The highest BCUT2D eigenvalue weighted by Gasteiger charge is 2.20. The Morgan fingerprint density at radius 3 is 2.10 bits per heavy atom. The molecule has 2 N–H and O–H groups in total. The molecule has 0 bridgehead atoms. The molecule has 0 aromatic heterocycles. The maximum atomic E-state index is 12.2. The van der Waals surface area contributed by atoms with Crippen LogP contribution in [-0.4, -0.2) is 74.0 Å². The van der Waals surface area contributed by atoms with Gasteiger partial charge in [-0.05, 0) is 36.4 Å². The molecule has 1 heterocycles. The zero-order valence-corrected chi connectivity index (χ0v) is 17.6. The van der Waals surface area contributed by atoms with Gasteiger partial charge < -0.3 is 15.4 Å². The van der Waals surface area contributed by atoms with Gasteiger partial charge in [0.25, 0.3) is 0 Å². The largest absolute Gasteiger partial charge is 0.492 e. The molecule has 3 rings (SSSR count). The summed E-state index contributed by atoms with van der Waals surface area (Å²) in [6, 6.07) is 16.6. The number of nitrogens with one attached hydrogen (secondary N) is 2. The number of anilines is 1. The number of ether oxygens (including phenoxy) is 1. The second-order valence-corrected chi connectivity index (χ2v) is 7.56. The molecule has 0 aliphatic carbocycles. The normalized spacial score (nSPS) is 14.8. The van der Waals surface area contributed by atoms with Gasteiger partial charge in [0.2, 0.25) is 11.8 Å². The van der Waals surface area contributed by atoms with Crippen molar-refractivity contribution in [3.05, 3.63) is 59.6 Å². The lowest BCUT2D eigenvalue weighted by molar-refractivity contribution is -0.123. The van der Waals surface area contributed by atoms with Crippen LogP contribution in [0.1, 0.15) is 0 Å². The van der Waals surface area contributed by atoms with E-state index in [1.807, 2.05) is 30.3 Å². The first kappa shape index (κ1) is 22.1. The number of amides is 2. The van der Waals surface area contributed by atoms with E-state index >= 15 is 0 Å². The third-order valence-corrected chi connectivity index (χ3v) is 5.02. The van der Waals surface area contributed by atoms with Crippen molar-refractivity contribution in [2.75, 3.05) is 57.7 Å². The molecule has 2 amide bonds. The van der Waals surface area contributed by atoms with Gasteiger partial charge in [0, 0.05) is 36.9 Å². The van der Waals surface area contributed by atoms with Gasteiger partial charge in [-0.2, -0.15) is 0 Å². The summed E-state index contributed by atoms with van der Waals surface area (Å²) in [7, 11) is 0. The van der Waals surface area contributed by atoms with Crippen molar-refractivity contribution in [1.29, 1.82) is 0 Å². The van der Waals surface area contributed by atoms with Crippen LogP contribution in [0.4, 0.5) is 5.69 Å². The summed E-state index contributed by atoms with van der Waals surface area (Å²) in [4.78, 5) is 28.5. The molecule has 1 saturated heterocycles. The smallest absolute Gasteiger partial charge is 0.238 e. The molecule has 1 fully saturated rings. The monoisotopic (exact) mass is 430 g/mol. The number of carbonyl (C=O) groups excluding carboxylic acids is 2. The molecule has 0 atom stereocenters. The van der Waals surface area contributed by atoms with Gasteiger partial charge >= 0.3 is 0 Å². The summed E-state index contributed by atoms with van der Waals surface area (Å²) in [5, 5.41) is 6.43. The minimum Gasteiger partial charge on any atom is -0.492 e. The molecule has 160 valence electrons. The van der Waals surface area contributed by atoms with Gasteiger partial charge in [-0.3, -0.25) is 19.4 Å². The van der Waals surface area contributed by atoms with E-state index in [1.54, 1.807) is 24.3 Å². The predicted molar refractivity (Wildman–Crippen MR) is 118 cm³/mol. The Balaban J connectivity index is 1.27. The lowest BCUT2D eigenvalue weighted by Crippen LogP contribution is -2.51. The minimum atomic E-state index is -0.0232. The van der Waals surface area contributed by atoms with Crippen molar-refractivity contribution in [2.24, 2.45) is 0 Å². The van der Waals surface area contributed by atoms with Crippen LogP contribution >= 0.6 is 11.6 Å². The molecule has 0 unspecified atom stereocenters. The van der Waals surface area contributed by atoms with Crippen LogP contribution in [0.25, 0.3) is 0 Å². The minimum absolute atomic E-state index is 0.0203. The van der Waals surface area contributed by atoms with Crippen LogP contribution in [0.5, 0.6) is 5.75 Å². The molecule has 0 spiro atoms. The van der Waals surface area contributed by atoms with Gasteiger partial charge in [0.15, 0.2) is 0 Å². The Kier molecular flexibility index (Phi) is 8.50. The molecular formula is C22H27ClN4O3. The van der Waals surface area contributed by atoms with Gasteiger partial charge in [-0.25, -0.2) is 0 Å². The first-order valence-electron chi connectivity index (χ1n) is 10.0. The van der Waals surface area contributed by atoms with E-state index in [4.69, 9.17) is 16.3 Å². The van der Waals surface area contributed by atoms with Crippen molar-refractivity contribution in [1.82, 2.24) is 15.1 Å². The van der Waals surface area contributed by atoms with Crippen LogP contribution in [0, 0.1) is 0 Å². The Morgan fingerprint density at radius 1 is 0.867 bits per heavy atom. The highest BCUT2D eigenvalue weighted by molar-refractivity contribution is 6.30. The fourth-order valence-corrected chi connectivity index (χ4v) is 3.31. The second kappa shape index (κ2) is 11.5. The first-order valence-corrected chi connectivity index (χ1v) is 10.4. The molecule has 1 aliphatic heterocycles. The van der Waals surface area contributed by atoms with E-state index < -0.39 is 0 Å². The van der Waals surface area contributed by atoms with E-state index in [0.717, 1.165) is 37.6 Å². The number of halogens is 1. The molecule has 0 saturated carbocycles. The summed E-state index contributed by atoms with van der Waals surface area (Å²) < 4.78 is 5.56. The Hall–Kier alpha value is -2.61. The highest BCUT2D eigenvalue weighted by Crippen LogP contribution is 2.15. The summed E-state index contributed by atoms with van der Waals surface area (Å²) in [6.07, 6.45) is 0. The van der Waals surface area contributed by atoms with Crippen LogP contribution in [-0.2, 0) is 9.59 Å². The summed E-state index contributed by atoms with van der Waals surface area (Å²) >= 11 is 5.83. The molecule has 2 aromatic rings. The number of hydrogen-bond acceptors (Lipinski definition) is 5. The third kappa shape index (κ3) is 7.67. The molecule has 7 nitrogen and oxygen atoms in total. The number of nitrogens with zero attached hydrogens (tertiary/aromatic N) is 2. The van der Waals surface area contributed by atoms with Crippen molar-refractivity contribution < 1.29 is 14.3 Å². The molecular weight excluding hydrogens is 404 g/mol. The second-order valence-electron chi connectivity index (χ2n) is 7.12. The average Bonchev–Trinajstić information content (AvgIpc) is 2.74. The summed E-state index contributed by atoms with van der Waals surface area (Å²) in [6.45, 7) is 4.59. The number of piperazine rings is 1. The topological polar surface area (TPSA) is 73.9 Å². The van der Waals surface area contributed by atoms with E-state index in [-0.39, 0.29) is 11.8 Å². The Labute approximate surface area is 181 Å². The van der Waals surface area contributed by atoms with E-state index in [9.17, 15) is 9.59 Å². The van der Waals surface area contributed by atoms with Crippen LogP contribution in [0.3, 0.4) is 0 Å². The first-order chi connectivity index (χ1) is 14.6. The molecule has 30 heavy (non-hydrogen) atoms. The Bertz CT molecular complexity index is 809. The van der Waals surface area contributed by atoms with Gasteiger partial charge in [0.05, 0.1) is 19.6 Å². The number of rotatable bonds is 9. The van der Waals surface area contributed by atoms with Crippen LogP contribution in [0.2, 0.25) is 5.02 Å². The van der Waals surface area contributed by atoms with Gasteiger partial charge in [0.1, 0.15) is 12.4 Å². The van der Waals surface area contributed by atoms with E-state index in [1.165, 1.54) is 0 Å². The molecule has 0 radical (unpaired) electrons. The Morgan fingerprint density at radius 2 is 1.47 bits per heavy atom.